The van der Waals surface area contributed by atoms with Gasteiger partial charge < -0.3 is 24.9 Å². The molecule has 0 saturated carbocycles. The lowest BCUT2D eigenvalue weighted by Crippen LogP contribution is -2.58. The van der Waals surface area contributed by atoms with E-state index in [2.05, 4.69) is 10.6 Å². The van der Waals surface area contributed by atoms with Gasteiger partial charge in [0, 0.05) is 29.1 Å². The molecule has 1 aromatic heterocycles. The molecule has 1 amide bonds. The first-order chi connectivity index (χ1) is 15.8. The number of halogens is 1. The topological polar surface area (TPSA) is 101 Å². The molecule has 8 heteroatoms. The van der Waals surface area contributed by atoms with Crippen molar-refractivity contribution < 1.29 is 23.8 Å². The summed E-state index contributed by atoms with van der Waals surface area (Å²) in [6.07, 6.45) is 2.91. The second-order valence-corrected chi connectivity index (χ2v) is 8.67. The molecule has 3 atom stereocenters. The van der Waals surface area contributed by atoms with E-state index in [1.165, 1.54) is 6.92 Å². The molecule has 3 rings (SSSR count). The average Bonchev–Trinajstić information content (AvgIpc) is 3.26. The first-order valence-electron chi connectivity index (χ1n) is 11.2. The zero-order valence-electron chi connectivity index (χ0n) is 19.1. The van der Waals surface area contributed by atoms with Gasteiger partial charge >= 0.3 is 5.97 Å². The molecule has 1 aromatic carbocycles. The molecule has 1 heterocycles. The van der Waals surface area contributed by atoms with Gasteiger partial charge in [-0.05, 0) is 49.6 Å². The van der Waals surface area contributed by atoms with Gasteiger partial charge in [0.15, 0.2) is 0 Å². The highest BCUT2D eigenvalue weighted by atomic mass is 35.5. The number of aliphatic carboxylic acids is 1. The van der Waals surface area contributed by atoms with E-state index in [0.29, 0.717) is 23.1 Å². The molecule has 2 aromatic rings. The molecular formula is C25H31ClN2O5. The largest absolute Gasteiger partial charge is 0.478 e. The van der Waals surface area contributed by atoms with Crippen LogP contribution in [0, 0.1) is 0 Å². The quantitative estimate of drug-likeness (QED) is 0.467. The number of carboxylic acids is 1. The van der Waals surface area contributed by atoms with Crippen LogP contribution in [-0.4, -0.2) is 41.3 Å². The molecular weight excluding hydrogens is 444 g/mol. The molecule has 0 spiro atoms. The van der Waals surface area contributed by atoms with Gasteiger partial charge in [0.05, 0.1) is 24.8 Å². The number of rotatable bonds is 10. The molecule has 3 N–H and O–H groups in total. The van der Waals surface area contributed by atoms with E-state index in [-0.39, 0.29) is 30.0 Å². The monoisotopic (exact) mass is 474 g/mol. The average molecular weight is 475 g/mol. The number of carbonyl (C=O) groups is 2. The molecule has 0 unspecified atom stereocenters. The van der Waals surface area contributed by atoms with Crippen LogP contribution in [0.4, 0.5) is 0 Å². The van der Waals surface area contributed by atoms with Gasteiger partial charge in [-0.3, -0.25) is 4.79 Å². The van der Waals surface area contributed by atoms with Crippen LogP contribution < -0.4 is 10.6 Å². The molecule has 0 fully saturated rings. The maximum absolute atomic E-state index is 11.9. The second-order valence-electron chi connectivity index (χ2n) is 8.23. The molecule has 0 radical (unpaired) electrons. The standard InChI is InChI=1S/C25H31ClN2O5/c1-4-19(5-2)32-23-13-17(25(30)31)12-21(24(23)28-15(3)29)27-14-20-9-10-22(33-20)16-7-6-8-18(26)11-16/h6-11,13,19,21,23-24,27H,4-5,12,14H2,1-3H3,(H,28,29)(H,30,31)/t21-,23+,24+/m0/s1. The Morgan fingerprint density at radius 3 is 2.64 bits per heavy atom. The zero-order valence-corrected chi connectivity index (χ0v) is 19.9. The van der Waals surface area contributed by atoms with Crippen LogP contribution in [0.2, 0.25) is 5.02 Å². The van der Waals surface area contributed by atoms with Crippen LogP contribution in [0.5, 0.6) is 0 Å². The summed E-state index contributed by atoms with van der Waals surface area (Å²) in [6.45, 7) is 5.87. The van der Waals surface area contributed by atoms with E-state index < -0.39 is 18.1 Å². The van der Waals surface area contributed by atoms with Gasteiger partial charge in [-0.2, -0.15) is 0 Å². The third kappa shape index (κ3) is 6.69. The lowest BCUT2D eigenvalue weighted by atomic mass is 9.87. The van der Waals surface area contributed by atoms with Crippen LogP contribution in [0.1, 0.15) is 45.8 Å². The summed E-state index contributed by atoms with van der Waals surface area (Å²) in [5.41, 5.74) is 1.14. The van der Waals surface area contributed by atoms with Gasteiger partial charge in [-0.15, -0.1) is 0 Å². The summed E-state index contributed by atoms with van der Waals surface area (Å²) in [4.78, 5) is 23.7. The molecule has 1 aliphatic rings. The van der Waals surface area contributed by atoms with Crippen molar-refractivity contribution in [3.8, 4) is 11.3 Å². The molecule has 1 aliphatic carbocycles. The Labute approximate surface area is 199 Å². The van der Waals surface area contributed by atoms with E-state index in [9.17, 15) is 14.7 Å². The molecule has 178 valence electrons. The van der Waals surface area contributed by atoms with Crippen LogP contribution >= 0.6 is 11.6 Å². The molecule has 7 nitrogen and oxygen atoms in total. The fourth-order valence-corrected chi connectivity index (χ4v) is 4.26. The van der Waals surface area contributed by atoms with Gasteiger partial charge in [-0.25, -0.2) is 4.79 Å². The van der Waals surface area contributed by atoms with Gasteiger partial charge in [-0.1, -0.05) is 37.6 Å². The number of carboxylic acid groups (broad SMARTS) is 1. The molecule has 0 bridgehead atoms. The number of hydrogen-bond acceptors (Lipinski definition) is 5. The number of carbonyl (C=O) groups excluding carboxylic acids is 1. The van der Waals surface area contributed by atoms with Crippen molar-refractivity contribution in [3.63, 3.8) is 0 Å². The maximum Gasteiger partial charge on any atom is 0.331 e. The Hall–Kier alpha value is -2.61. The Bertz CT molecular complexity index is 998. The molecule has 0 saturated heterocycles. The van der Waals surface area contributed by atoms with Crippen molar-refractivity contribution in [1.29, 1.82) is 0 Å². The zero-order chi connectivity index (χ0) is 24.0. The van der Waals surface area contributed by atoms with Crippen molar-refractivity contribution >= 4 is 23.5 Å². The van der Waals surface area contributed by atoms with Crippen LogP contribution in [-0.2, 0) is 20.9 Å². The maximum atomic E-state index is 11.9. The Balaban J connectivity index is 1.78. The first kappa shape index (κ1) is 25.0. The number of furan rings is 1. The van der Waals surface area contributed by atoms with Crippen LogP contribution in [0.3, 0.4) is 0 Å². The van der Waals surface area contributed by atoms with E-state index in [1.54, 1.807) is 12.1 Å². The van der Waals surface area contributed by atoms with Gasteiger partial charge in [0.1, 0.15) is 11.5 Å². The van der Waals surface area contributed by atoms with Gasteiger partial charge in [0.2, 0.25) is 5.91 Å². The van der Waals surface area contributed by atoms with E-state index >= 15 is 0 Å². The van der Waals surface area contributed by atoms with E-state index in [4.69, 9.17) is 20.8 Å². The second kappa shape index (κ2) is 11.5. The van der Waals surface area contributed by atoms with Crippen molar-refractivity contribution in [1.82, 2.24) is 10.6 Å². The fraction of sp³-hybridized carbons (Fsp3) is 0.440. The number of nitrogens with one attached hydrogen (secondary N) is 2. The van der Waals surface area contributed by atoms with Crippen molar-refractivity contribution in [2.24, 2.45) is 0 Å². The highest BCUT2D eigenvalue weighted by Crippen LogP contribution is 2.27. The summed E-state index contributed by atoms with van der Waals surface area (Å²) in [5, 5.41) is 16.6. The predicted octanol–water partition coefficient (Wildman–Crippen LogP) is 4.55. The third-order valence-electron chi connectivity index (χ3n) is 5.81. The number of benzene rings is 1. The molecule has 0 aliphatic heterocycles. The van der Waals surface area contributed by atoms with Gasteiger partial charge in [0.25, 0.3) is 0 Å². The van der Waals surface area contributed by atoms with Crippen LogP contribution in [0.25, 0.3) is 11.3 Å². The van der Waals surface area contributed by atoms with E-state index in [1.807, 2.05) is 44.2 Å². The molecule has 33 heavy (non-hydrogen) atoms. The number of ether oxygens (including phenoxy) is 1. The minimum atomic E-state index is -0.984. The number of hydrogen-bond donors (Lipinski definition) is 3. The lowest BCUT2D eigenvalue weighted by Gasteiger charge is -2.38. The SMILES string of the molecule is CCC(CC)O[C@@H]1C=C(C(=O)O)C[C@H](NCc2ccc(-c3cccc(Cl)c3)o2)[C@H]1NC(C)=O. The minimum Gasteiger partial charge on any atom is -0.478 e. The van der Waals surface area contributed by atoms with Crippen molar-refractivity contribution in [3.05, 3.63) is 58.8 Å². The Morgan fingerprint density at radius 2 is 2.00 bits per heavy atom. The summed E-state index contributed by atoms with van der Waals surface area (Å²) < 4.78 is 12.2. The van der Waals surface area contributed by atoms with Crippen LogP contribution in [0.15, 0.2) is 52.5 Å². The summed E-state index contributed by atoms with van der Waals surface area (Å²) in [6, 6.07) is 10.4. The summed E-state index contributed by atoms with van der Waals surface area (Å²) in [5.74, 6) is 0.202. The first-order valence-corrected chi connectivity index (χ1v) is 11.6. The predicted molar refractivity (Wildman–Crippen MR) is 127 cm³/mol. The minimum absolute atomic E-state index is 0.0263. The third-order valence-corrected chi connectivity index (χ3v) is 6.04. The highest BCUT2D eigenvalue weighted by Gasteiger charge is 2.37. The summed E-state index contributed by atoms with van der Waals surface area (Å²) >= 11 is 6.08. The van der Waals surface area contributed by atoms with Crippen molar-refractivity contribution in [2.75, 3.05) is 0 Å². The lowest BCUT2D eigenvalue weighted by molar-refractivity contribution is -0.133. The Kier molecular flexibility index (Phi) is 8.72. The number of amides is 1. The Morgan fingerprint density at radius 1 is 1.24 bits per heavy atom. The normalized spacial score (nSPS) is 20.5. The van der Waals surface area contributed by atoms with E-state index in [0.717, 1.165) is 18.4 Å². The fourth-order valence-electron chi connectivity index (χ4n) is 4.07. The van der Waals surface area contributed by atoms with Crippen molar-refractivity contribution in [2.45, 2.75) is 70.9 Å². The summed E-state index contributed by atoms with van der Waals surface area (Å²) in [7, 11) is 0. The smallest absolute Gasteiger partial charge is 0.331 e. The highest BCUT2D eigenvalue weighted by molar-refractivity contribution is 6.30.